The lowest BCUT2D eigenvalue weighted by Gasteiger charge is -2.28. The van der Waals surface area contributed by atoms with Crippen LogP contribution in [0.3, 0.4) is 0 Å². The van der Waals surface area contributed by atoms with Gasteiger partial charge in [0.25, 0.3) is 5.91 Å². The maximum Gasteiger partial charge on any atom is 0.337 e. The third kappa shape index (κ3) is 3.36. The minimum Gasteiger partial charge on any atom is -0.465 e. The van der Waals surface area contributed by atoms with Crippen LogP contribution in [0.5, 0.6) is 0 Å². The Morgan fingerprint density at radius 3 is 2.38 bits per heavy atom. The van der Waals surface area contributed by atoms with E-state index in [9.17, 15) is 9.59 Å². The van der Waals surface area contributed by atoms with E-state index >= 15 is 0 Å². The summed E-state index contributed by atoms with van der Waals surface area (Å²) in [6.07, 6.45) is 4.65. The first-order valence-electron chi connectivity index (χ1n) is 8.14. The van der Waals surface area contributed by atoms with Crippen molar-refractivity contribution in [1.82, 2.24) is 5.32 Å². The second-order valence-corrected chi connectivity index (χ2v) is 7.03. The number of thiophene rings is 1. The summed E-state index contributed by atoms with van der Waals surface area (Å²) in [5.41, 5.74) is 2.41. The van der Waals surface area contributed by atoms with Crippen molar-refractivity contribution in [1.29, 1.82) is 0 Å². The first kappa shape index (κ1) is 16.7. The van der Waals surface area contributed by atoms with Gasteiger partial charge in [-0.05, 0) is 59.5 Å². The maximum absolute atomic E-state index is 12.4. The SMILES string of the molecule is COC(=O)c1ccc(C(=O)NCC2(c3ccsc3)CCCC2)cc1. The second kappa shape index (κ2) is 7.18. The Morgan fingerprint density at radius 1 is 1.12 bits per heavy atom. The van der Waals surface area contributed by atoms with E-state index in [1.165, 1.54) is 25.5 Å². The van der Waals surface area contributed by atoms with Gasteiger partial charge in [0.2, 0.25) is 0 Å². The predicted molar refractivity (Wildman–Crippen MR) is 94.6 cm³/mol. The van der Waals surface area contributed by atoms with Crippen LogP contribution < -0.4 is 5.32 Å². The first-order chi connectivity index (χ1) is 11.6. The molecule has 2 aromatic rings. The van der Waals surface area contributed by atoms with Crippen LogP contribution in [0.25, 0.3) is 0 Å². The third-order valence-electron chi connectivity index (χ3n) is 4.85. The van der Waals surface area contributed by atoms with Gasteiger partial charge in [0.1, 0.15) is 0 Å². The summed E-state index contributed by atoms with van der Waals surface area (Å²) >= 11 is 1.71. The molecule has 126 valence electrons. The monoisotopic (exact) mass is 343 g/mol. The fourth-order valence-corrected chi connectivity index (χ4v) is 4.19. The van der Waals surface area contributed by atoms with Gasteiger partial charge in [-0.2, -0.15) is 11.3 Å². The number of ether oxygens (including phenoxy) is 1. The number of nitrogens with one attached hydrogen (secondary N) is 1. The van der Waals surface area contributed by atoms with Gasteiger partial charge in [-0.25, -0.2) is 4.79 Å². The van der Waals surface area contributed by atoms with Crippen LogP contribution in [0.2, 0.25) is 0 Å². The molecular weight excluding hydrogens is 322 g/mol. The number of carbonyl (C=O) groups is 2. The van der Waals surface area contributed by atoms with Crippen LogP contribution in [0, 0.1) is 0 Å². The summed E-state index contributed by atoms with van der Waals surface area (Å²) in [7, 11) is 1.34. The third-order valence-corrected chi connectivity index (χ3v) is 5.53. The average Bonchev–Trinajstić information content (AvgIpc) is 3.31. The fraction of sp³-hybridized carbons (Fsp3) is 0.368. The number of hydrogen-bond acceptors (Lipinski definition) is 4. The minimum atomic E-state index is -0.399. The zero-order valence-corrected chi connectivity index (χ0v) is 14.5. The van der Waals surface area contributed by atoms with Gasteiger partial charge in [-0.15, -0.1) is 0 Å². The molecule has 1 aromatic heterocycles. The standard InChI is InChI=1S/C19H21NO3S/c1-23-18(22)15-6-4-14(5-7-15)17(21)20-13-19(9-2-3-10-19)16-8-11-24-12-16/h4-8,11-12H,2-3,9-10,13H2,1H3,(H,20,21). The molecule has 5 heteroatoms. The molecule has 1 fully saturated rings. The molecule has 24 heavy (non-hydrogen) atoms. The van der Waals surface area contributed by atoms with E-state index in [0.717, 1.165) is 12.8 Å². The molecule has 0 saturated heterocycles. The lowest BCUT2D eigenvalue weighted by molar-refractivity contribution is 0.0600. The summed E-state index contributed by atoms with van der Waals surface area (Å²) in [4.78, 5) is 23.9. The summed E-state index contributed by atoms with van der Waals surface area (Å²) < 4.78 is 4.67. The van der Waals surface area contributed by atoms with Crippen LogP contribution in [0.15, 0.2) is 41.1 Å². The topological polar surface area (TPSA) is 55.4 Å². The second-order valence-electron chi connectivity index (χ2n) is 6.25. The van der Waals surface area contributed by atoms with Crippen molar-refractivity contribution in [2.75, 3.05) is 13.7 Å². The molecule has 0 spiro atoms. The fourth-order valence-electron chi connectivity index (χ4n) is 3.41. The van der Waals surface area contributed by atoms with E-state index in [0.29, 0.717) is 17.7 Å². The van der Waals surface area contributed by atoms with Gasteiger partial charge in [0.15, 0.2) is 0 Å². The highest BCUT2D eigenvalue weighted by atomic mass is 32.1. The summed E-state index contributed by atoms with van der Waals surface area (Å²) in [6.45, 7) is 0.654. The molecule has 1 aromatic carbocycles. The number of hydrogen-bond donors (Lipinski definition) is 1. The molecule has 1 saturated carbocycles. The van der Waals surface area contributed by atoms with Crippen molar-refractivity contribution in [2.24, 2.45) is 0 Å². The highest BCUT2D eigenvalue weighted by molar-refractivity contribution is 7.08. The molecule has 3 rings (SSSR count). The van der Waals surface area contributed by atoms with Gasteiger partial charge in [0, 0.05) is 17.5 Å². The quantitative estimate of drug-likeness (QED) is 0.841. The number of rotatable bonds is 5. The van der Waals surface area contributed by atoms with Crippen LogP contribution in [-0.4, -0.2) is 25.5 Å². The van der Waals surface area contributed by atoms with Crippen molar-refractivity contribution < 1.29 is 14.3 Å². The lowest BCUT2D eigenvalue weighted by atomic mass is 9.80. The summed E-state index contributed by atoms with van der Waals surface area (Å²) in [6, 6.07) is 8.73. The molecule has 1 N–H and O–H groups in total. The lowest BCUT2D eigenvalue weighted by Crippen LogP contribution is -2.38. The molecule has 0 radical (unpaired) electrons. The molecule has 0 atom stereocenters. The van der Waals surface area contributed by atoms with Crippen molar-refractivity contribution in [3.8, 4) is 0 Å². The number of benzene rings is 1. The van der Waals surface area contributed by atoms with Crippen LogP contribution in [0.1, 0.15) is 52.0 Å². The van der Waals surface area contributed by atoms with Crippen molar-refractivity contribution in [3.63, 3.8) is 0 Å². The molecule has 1 aliphatic carbocycles. The van der Waals surface area contributed by atoms with Crippen molar-refractivity contribution in [3.05, 3.63) is 57.8 Å². The molecule has 1 amide bonds. The van der Waals surface area contributed by atoms with E-state index in [4.69, 9.17) is 0 Å². The van der Waals surface area contributed by atoms with Gasteiger partial charge in [-0.1, -0.05) is 12.8 Å². The number of methoxy groups -OCH3 is 1. The molecule has 4 nitrogen and oxygen atoms in total. The van der Waals surface area contributed by atoms with Crippen molar-refractivity contribution >= 4 is 23.2 Å². The van der Waals surface area contributed by atoms with Crippen LogP contribution in [-0.2, 0) is 10.2 Å². The van der Waals surface area contributed by atoms with E-state index < -0.39 is 5.97 Å². The Labute approximate surface area is 145 Å². The predicted octanol–water partition coefficient (Wildman–Crippen LogP) is 3.78. The van der Waals surface area contributed by atoms with Gasteiger partial charge in [0.05, 0.1) is 12.7 Å². The Kier molecular flexibility index (Phi) is 5.00. The Morgan fingerprint density at radius 2 is 1.79 bits per heavy atom. The van der Waals surface area contributed by atoms with E-state index in [-0.39, 0.29) is 11.3 Å². The number of esters is 1. The normalized spacial score (nSPS) is 15.9. The molecule has 0 bridgehead atoms. The van der Waals surface area contributed by atoms with Crippen LogP contribution >= 0.6 is 11.3 Å². The summed E-state index contributed by atoms with van der Waals surface area (Å²) in [5, 5.41) is 7.38. The molecule has 1 heterocycles. The Bertz CT molecular complexity index is 701. The van der Waals surface area contributed by atoms with Gasteiger partial charge >= 0.3 is 5.97 Å². The summed E-state index contributed by atoms with van der Waals surface area (Å²) in [5.74, 6) is -0.503. The van der Waals surface area contributed by atoms with E-state index in [1.54, 1.807) is 35.6 Å². The number of amides is 1. The highest BCUT2D eigenvalue weighted by Gasteiger charge is 2.36. The zero-order chi connectivity index (χ0) is 17.0. The first-order valence-corrected chi connectivity index (χ1v) is 9.08. The highest BCUT2D eigenvalue weighted by Crippen LogP contribution is 2.41. The maximum atomic E-state index is 12.4. The van der Waals surface area contributed by atoms with Gasteiger partial charge < -0.3 is 10.1 Å². The minimum absolute atomic E-state index is 0.0710. The van der Waals surface area contributed by atoms with E-state index in [2.05, 4.69) is 26.9 Å². The van der Waals surface area contributed by atoms with Crippen molar-refractivity contribution in [2.45, 2.75) is 31.1 Å². The zero-order valence-electron chi connectivity index (χ0n) is 13.7. The molecule has 0 unspecified atom stereocenters. The average molecular weight is 343 g/mol. The van der Waals surface area contributed by atoms with Gasteiger partial charge in [-0.3, -0.25) is 4.79 Å². The Hall–Kier alpha value is -2.14. The van der Waals surface area contributed by atoms with E-state index in [1.807, 2.05) is 0 Å². The van der Waals surface area contributed by atoms with Crippen LogP contribution in [0.4, 0.5) is 0 Å². The smallest absolute Gasteiger partial charge is 0.337 e. The largest absolute Gasteiger partial charge is 0.465 e. The number of carbonyl (C=O) groups excluding carboxylic acids is 2. The molecule has 1 aliphatic rings. The molecule has 0 aliphatic heterocycles. The Balaban J connectivity index is 1.67. The molecular formula is C19H21NO3S.